The van der Waals surface area contributed by atoms with E-state index in [9.17, 15) is 4.39 Å². The lowest BCUT2D eigenvalue weighted by molar-refractivity contribution is -0.0409. The lowest BCUT2D eigenvalue weighted by Crippen LogP contribution is -2.46. The molecule has 0 N–H and O–H groups in total. The van der Waals surface area contributed by atoms with Crippen LogP contribution >= 0.6 is 11.3 Å². The van der Waals surface area contributed by atoms with Crippen LogP contribution < -0.4 is 0 Å². The minimum atomic E-state index is -0.217. The molecule has 1 aliphatic heterocycles. The third-order valence-corrected chi connectivity index (χ3v) is 4.76. The Kier molecular flexibility index (Phi) is 5.38. The third kappa shape index (κ3) is 4.57. The fourth-order valence-corrected chi connectivity index (χ4v) is 3.59. The molecule has 0 saturated carbocycles. The normalized spacial score (nSPS) is 19.4. The molecule has 1 aliphatic rings. The molecule has 0 radical (unpaired) electrons. The van der Waals surface area contributed by atoms with Crippen molar-refractivity contribution in [3.05, 3.63) is 41.2 Å². The number of morpholine rings is 1. The van der Waals surface area contributed by atoms with Crippen molar-refractivity contribution in [2.45, 2.75) is 12.6 Å². The molecule has 0 amide bonds. The highest BCUT2D eigenvalue weighted by Crippen LogP contribution is 2.24. The first-order valence-corrected chi connectivity index (χ1v) is 8.67. The van der Waals surface area contributed by atoms with Crippen LogP contribution in [0.1, 0.15) is 5.69 Å². The zero-order chi connectivity index (χ0) is 16.2. The van der Waals surface area contributed by atoms with E-state index < -0.39 is 0 Å². The summed E-state index contributed by atoms with van der Waals surface area (Å²) >= 11 is 1.61. The average Bonchev–Trinajstić information content (AvgIpc) is 2.96. The fourth-order valence-electron chi connectivity index (χ4n) is 2.78. The van der Waals surface area contributed by atoms with Crippen molar-refractivity contribution in [1.29, 1.82) is 0 Å². The highest BCUT2D eigenvalue weighted by atomic mass is 32.1. The van der Waals surface area contributed by atoms with Gasteiger partial charge in [0.15, 0.2) is 0 Å². The third-order valence-electron chi connectivity index (χ3n) is 3.82. The number of likely N-dealkylation sites (N-methyl/N-ethyl adjacent to an activating group) is 1. The summed E-state index contributed by atoms with van der Waals surface area (Å²) in [6, 6.07) is 6.51. The van der Waals surface area contributed by atoms with Crippen LogP contribution in [-0.2, 0) is 11.3 Å². The van der Waals surface area contributed by atoms with E-state index in [4.69, 9.17) is 9.72 Å². The maximum atomic E-state index is 13.0. The van der Waals surface area contributed by atoms with E-state index in [1.807, 2.05) is 0 Å². The first-order valence-electron chi connectivity index (χ1n) is 7.79. The van der Waals surface area contributed by atoms with Crippen LogP contribution in [0.5, 0.6) is 0 Å². The molecule has 0 bridgehead atoms. The molecule has 2 aromatic rings. The largest absolute Gasteiger partial charge is 0.374 e. The minimum Gasteiger partial charge on any atom is -0.374 e. The summed E-state index contributed by atoms with van der Waals surface area (Å²) in [5.41, 5.74) is 2.04. The zero-order valence-corrected chi connectivity index (χ0v) is 14.4. The van der Waals surface area contributed by atoms with Gasteiger partial charge in [-0.3, -0.25) is 4.90 Å². The molecule has 2 heterocycles. The summed E-state index contributed by atoms with van der Waals surface area (Å²) in [6.45, 7) is 4.42. The predicted molar refractivity (Wildman–Crippen MR) is 91.1 cm³/mol. The number of aromatic nitrogens is 1. The second kappa shape index (κ2) is 7.49. The van der Waals surface area contributed by atoms with Gasteiger partial charge in [0.05, 0.1) is 18.4 Å². The second-order valence-corrected chi connectivity index (χ2v) is 7.00. The molecule has 6 heteroatoms. The van der Waals surface area contributed by atoms with Crippen molar-refractivity contribution < 1.29 is 9.13 Å². The van der Waals surface area contributed by atoms with Crippen LogP contribution in [0.2, 0.25) is 0 Å². The van der Waals surface area contributed by atoms with Crippen LogP contribution in [0, 0.1) is 5.82 Å². The second-order valence-electron chi connectivity index (χ2n) is 6.14. The number of hydrogen-bond donors (Lipinski definition) is 0. The molecule has 0 aliphatic carbocycles. The van der Waals surface area contributed by atoms with Crippen LogP contribution in [0.25, 0.3) is 10.6 Å². The maximum Gasteiger partial charge on any atom is 0.123 e. The molecule has 4 nitrogen and oxygen atoms in total. The molecular formula is C17H22FN3OS. The fraction of sp³-hybridized carbons (Fsp3) is 0.471. The Morgan fingerprint density at radius 3 is 2.87 bits per heavy atom. The van der Waals surface area contributed by atoms with Crippen LogP contribution in [0.15, 0.2) is 29.6 Å². The Morgan fingerprint density at radius 2 is 2.13 bits per heavy atom. The van der Waals surface area contributed by atoms with Crippen molar-refractivity contribution in [3.63, 3.8) is 0 Å². The van der Waals surface area contributed by atoms with Crippen LogP contribution in [-0.4, -0.2) is 61.2 Å². The summed E-state index contributed by atoms with van der Waals surface area (Å²) in [5.74, 6) is -0.217. The van der Waals surface area contributed by atoms with Crippen molar-refractivity contribution in [2.24, 2.45) is 0 Å². The predicted octanol–water partition coefficient (Wildman–Crippen LogP) is 2.71. The van der Waals surface area contributed by atoms with E-state index in [2.05, 4.69) is 29.3 Å². The van der Waals surface area contributed by atoms with E-state index >= 15 is 0 Å². The molecule has 23 heavy (non-hydrogen) atoms. The Hall–Kier alpha value is -1.34. The van der Waals surface area contributed by atoms with Crippen molar-refractivity contribution >= 4 is 11.3 Å². The molecule has 1 saturated heterocycles. The van der Waals surface area contributed by atoms with Gasteiger partial charge in [-0.05, 0) is 38.4 Å². The molecular weight excluding hydrogens is 313 g/mol. The van der Waals surface area contributed by atoms with Crippen molar-refractivity contribution in [2.75, 3.05) is 40.3 Å². The van der Waals surface area contributed by atoms with Gasteiger partial charge in [-0.25, -0.2) is 9.37 Å². The summed E-state index contributed by atoms with van der Waals surface area (Å²) in [4.78, 5) is 9.24. The number of nitrogens with zero attached hydrogens (tertiary/aromatic N) is 3. The quantitative estimate of drug-likeness (QED) is 0.840. The SMILES string of the molecule is CN(C)CC1CN(Cc2csc(-c3ccc(F)cc3)n2)CCO1. The summed E-state index contributed by atoms with van der Waals surface area (Å²) < 4.78 is 18.8. The molecule has 124 valence electrons. The number of halogens is 1. The number of benzene rings is 1. The van der Waals surface area contributed by atoms with E-state index in [0.29, 0.717) is 0 Å². The van der Waals surface area contributed by atoms with E-state index in [-0.39, 0.29) is 11.9 Å². The Labute approximate surface area is 140 Å². The number of hydrogen-bond acceptors (Lipinski definition) is 5. The summed E-state index contributed by atoms with van der Waals surface area (Å²) in [5, 5.41) is 3.04. The van der Waals surface area contributed by atoms with Gasteiger partial charge in [-0.1, -0.05) is 0 Å². The average molecular weight is 335 g/mol. The Morgan fingerprint density at radius 1 is 1.35 bits per heavy atom. The van der Waals surface area contributed by atoms with Crippen LogP contribution in [0.4, 0.5) is 4.39 Å². The molecule has 1 atom stereocenters. The molecule has 1 fully saturated rings. The summed E-state index contributed by atoms with van der Waals surface area (Å²) in [7, 11) is 4.13. The topological polar surface area (TPSA) is 28.6 Å². The van der Waals surface area contributed by atoms with E-state index in [1.54, 1.807) is 23.5 Å². The number of rotatable bonds is 5. The van der Waals surface area contributed by atoms with E-state index in [0.717, 1.165) is 49.1 Å². The smallest absolute Gasteiger partial charge is 0.123 e. The zero-order valence-electron chi connectivity index (χ0n) is 13.5. The summed E-state index contributed by atoms with van der Waals surface area (Å²) in [6.07, 6.45) is 0.258. The van der Waals surface area contributed by atoms with Crippen molar-refractivity contribution in [1.82, 2.24) is 14.8 Å². The van der Waals surface area contributed by atoms with Gasteiger partial charge in [0.2, 0.25) is 0 Å². The van der Waals surface area contributed by atoms with Gasteiger partial charge in [-0.2, -0.15) is 0 Å². The van der Waals surface area contributed by atoms with Gasteiger partial charge >= 0.3 is 0 Å². The standard InChI is InChI=1S/C17H22FN3OS/c1-20(2)10-16-11-21(7-8-22-16)9-15-12-23-17(19-15)13-3-5-14(18)6-4-13/h3-6,12,16H,7-11H2,1-2H3. The molecule has 1 aromatic carbocycles. The number of ether oxygens (including phenoxy) is 1. The van der Waals surface area contributed by atoms with Crippen molar-refractivity contribution in [3.8, 4) is 10.6 Å². The monoisotopic (exact) mass is 335 g/mol. The maximum absolute atomic E-state index is 13.0. The molecule has 1 unspecified atom stereocenters. The number of thiazole rings is 1. The van der Waals surface area contributed by atoms with Gasteiger partial charge in [0.25, 0.3) is 0 Å². The first kappa shape index (κ1) is 16.5. The minimum absolute atomic E-state index is 0.217. The molecule has 3 rings (SSSR count). The van der Waals surface area contributed by atoms with Crippen LogP contribution in [0.3, 0.4) is 0 Å². The van der Waals surface area contributed by atoms with Gasteiger partial charge in [-0.15, -0.1) is 11.3 Å². The van der Waals surface area contributed by atoms with Gasteiger partial charge < -0.3 is 9.64 Å². The Bertz CT molecular complexity index is 629. The lowest BCUT2D eigenvalue weighted by atomic mass is 10.2. The van der Waals surface area contributed by atoms with Gasteiger partial charge in [0.1, 0.15) is 10.8 Å². The lowest BCUT2D eigenvalue weighted by Gasteiger charge is -2.33. The highest BCUT2D eigenvalue weighted by molar-refractivity contribution is 7.13. The Balaban J connectivity index is 1.61. The van der Waals surface area contributed by atoms with E-state index in [1.165, 1.54) is 12.1 Å². The molecule has 1 aromatic heterocycles. The first-order chi connectivity index (χ1) is 11.1. The highest BCUT2D eigenvalue weighted by Gasteiger charge is 2.21. The molecule has 0 spiro atoms. The van der Waals surface area contributed by atoms with Gasteiger partial charge in [0, 0.05) is 37.1 Å².